The first-order valence-electron chi connectivity index (χ1n) is 5.91. The lowest BCUT2D eigenvalue weighted by Crippen LogP contribution is -2.18. The van der Waals surface area contributed by atoms with Gasteiger partial charge in [-0.1, -0.05) is 0 Å². The van der Waals surface area contributed by atoms with E-state index in [1.54, 1.807) is 13.2 Å². The van der Waals surface area contributed by atoms with Crippen molar-refractivity contribution in [2.45, 2.75) is 32.0 Å². The zero-order chi connectivity index (χ0) is 12.3. The minimum atomic E-state index is 0.187. The van der Waals surface area contributed by atoms with Crippen LogP contribution < -0.4 is 15.2 Å². The molecule has 0 saturated carbocycles. The van der Waals surface area contributed by atoms with E-state index in [0.717, 1.165) is 18.6 Å². The number of anilines is 1. The number of rotatable bonds is 4. The minimum absolute atomic E-state index is 0.187. The predicted molar refractivity (Wildman–Crippen MR) is 66.5 cm³/mol. The summed E-state index contributed by atoms with van der Waals surface area (Å²) in [4.78, 5) is 0. The van der Waals surface area contributed by atoms with Crippen molar-refractivity contribution in [2.24, 2.45) is 0 Å². The molecule has 0 aromatic heterocycles. The first-order chi connectivity index (χ1) is 8.19. The fraction of sp³-hybridized carbons (Fsp3) is 0.538. The van der Waals surface area contributed by atoms with Crippen LogP contribution in [-0.2, 0) is 4.74 Å². The Morgan fingerprint density at radius 2 is 2.24 bits per heavy atom. The molecule has 1 heterocycles. The maximum absolute atomic E-state index is 5.86. The SMILES string of the molecule is COc1ccc(OCC2CCC(C)O2)c(N)c1. The molecule has 1 aliphatic rings. The summed E-state index contributed by atoms with van der Waals surface area (Å²) in [7, 11) is 1.61. The van der Waals surface area contributed by atoms with Crippen LogP contribution in [0.25, 0.3) is 0 Å². The fourth-order valence-electron chi connectivity index (χ4n) is 1.98. The third kappa shape index (κ3) is 3.03. The van der Waals surface area contributed by atoms with Gasteiger partial charge in [0.05, 0.1) is 25.0 Å². The van der Waals surface area contributed by atoms with E-state index in [9.17, 15) is 0 Å². The molecular weight excluding hydrogens is 218 g/mol. The number of methoxy groups -OCH3 is 1. The Morgan fingerprint density at radius 3 is 2.82 bits per heavy atom. The Morgan fingerprint density at radius 1 is 1.41 bits per heavy atom. The third-order valence-electron chi connectivity index (χ3n) is 2.96. The van der Waals surface area contributed by atoms with Gasteiger partial charge in [-0.25, -0.2) is 0 Å². The van der Waals surface area contributed by atoms with Gasteiger partial charge in [0.25, 0.3) is 0 Å². The monoisotopic (exact) mass is 237 g/mol. The van der Waals surface area contributed by atoms with Crippen LogP contribution in [0.5, 0.6) is 11.5 Å². The van der Waals surface area contributed by atoms with E-state index in [2.05, 4.69) is 6.92 Å². The molecule has 0 bridgehead atoms. The molecule has 2 rings (SSSR count). The van der Waals surface area contributed by atoms with E-state index in [-0.39, 0.29) is 6.10 Å². The summed E-state index contributed by atoms with van der Waals surface area (Å²) in [5.41, 5.74) is 6.46. The van der Waals surface area contributed by atoms with E-state index in [0.29, 0.717) is 24.1 Å². The molecule has 4 nitrogen and oxygen atoms in total. The molecule has 0 radical (unpaired) electrons. The van der Waals surface area contributed by atoms with Gasteiger partial charge in [-0.3, -0.25) is 0 Å². The summed E-state index contributed by atoms with van der Waals surface area (Å²) >= 11 is 0. The fourth-order valence-corrected chi connectivity index (χ4v) is 1.98. The van der Waals surface area contributed by atoms with Gasteiger partial charge < -0.3 is 19.9 Å². The Labute approximate surface area is 102 Å². The second-order valence-corrected chi connectivity index (χ2v) is 4.36. The van der Waals surface area contributed by atoms with Gasteiger partial charge in [-0.2, -0.15) is 0 Å². The molecule has 2 unspecified atom stereocenters. The van der Waals surface area contributed by atoms with E-state index >= 15 is 0 Å². The van der Waals surface area contributed by atoms with Gasteiger partial charge in [0.1, 0.15) is 18.1 Å². The summed E-state index contributed by atoms with van der Waals surface area (Å²) in [6.45, 7) is 2.64. The molecule has 1 aromatic rings. The van der Waals surface area contributed by atoms with Crippen LogP contribution in [0, 0.1) is 0 Å². The highest BCUT2D eigenvalue weighted by molar-refractivity contribution is 5.56. The Bertz CT molecular complexity index is 381. The maximum Gasteiger partial charge on any atom is 0.142 e. The summed E-state index contributed by atoms with van der Waals surface area (Å²) in [6, 6.07) is 5.42. The van der Waals surface area contributed by atoms with Crippen molar-refractivity contribution in [2.75, 3.05) is 19.5 Å². The van der Waals surface area contributed by atoms with Crippen LogP contribution in [0.4, 0.5) is 5.69 Å². The standard InChI is InChI=1S/C13H19NO3/c1-9-3-4-11(17-9)8-16-13-6-5-10(15-2)7-12(13)14/h5-7,9,11H,3-4,8,14H2,1-2H3. The molecule has 0 amide bonds. The zero-order valence-electron chi connectivity index (χ0n) is 10.3. The van der Waals surface area contributed by atoms with Crippen LogP contribution in [0.15, 0.2) is 18.2 Å². The summed E-state index contributed by atoms with van der Waals surface area (Å²) in [6.07, 6.45) is 2.69. The normalized spacial score (nSPS) is 23.6. The average Bonchev–Trinajstić information content (AvgIpc) is 2.73. The molecule has 2 atom stereocenters. The molecule has 0 aliphatic carbocycles. The van der Waals surface area contributed by atoms with E-state index in [1.807, 2.05) is 12.1 Å². The Balaban J connectivity index is 1.90. The van der Waals surface area contributed by atoms with Crippen molar-refractivity contribution >= 4 is 5.69 Å². The highest BCUT2D eigenvalue weighted by Crippen LogP contribution is 2.27. The Hall–Kier alpha value is -1.42. The van der Waals surface area contributed by atoms with Gasteiger partial charge in [-0.15, -0.1) is 0 Å². The number of nitrogens with two attached hydrogens (primary N) is 1. The molecular formula is C13H19NO3. The van der Waals surface area contributed by atoms with Crippen molar-refractivity contribution in [3.63, 3.8) is 0 Å². The number of hydrogen-bond donors (Lipinski definition) is 1. The second-order valence-electron chi connectivity index (χ2n) is 4.36. The zero-order valence-corrected chi connectivity index (χ0v) is 10.3. The van der Waals surface area contributed by atoms with Crippen LogP contribution in [0.2, 0.25) is 0 Å². The number of benzene rings is 1. The lowest BCUT2D eigenvalue weighted by atomic mass is 10.2. The van der Waals surface area contributed by atoms with Gasteiger partial charge >= 0.3 is 0 Å². The quantitative estimate of drug-likeness (QED) is 0.816. The predicted octanol–water partition coefficient (Wildman–Crippen LogP) is 2.22. The summed E-state index contributed by atoms with van der Waals surface area (Å²) < 4.78 is 16.4. The lowest BCUT2D eigenvalue weighted by molar-refractivity contribution is 0.0266. The molecule has 1 aromatic carbocycles. The van der Waals surface area contributed by atoms with Crippen LogP contribution in [0.1, 0.15) is 19.8 Å². The number of ether oxygens (including phenoxy) is 3. The highest BCUT2D eigenvalue weighted by atomic mass is 16.5. The van der Waals surface area contributed by atoms with Gasteiger partial charge in [0.15, 0.2) is 0 Å². The maximum atomic E-state index is 5.86. The van der Waals surface area contributed by atoms with Crippen molar-refractivity contribution < 1.29 is 14.2 Å². The van der Waals surface area contributed by atoms with Crippen molar-refractivity contribution in [1.29, 1.82) is 0 Å². The first-order valence-corrected chi connectivity index (χ1v) is 5.91. The number of hydrogen-bond acceptors (Lipinski definition) is 4. The minimum Gasteiger partial charge on any atom is -0.497 e. The van der Waals surface area contributed by atoms with Crippen LogP contribution >= 0.6 is 0 Å². The van der Waals surface area contributed by atoms with Gasteiger partial charge in [-0.05, 0) is 31.9 Å². The van der Waals surface area contributed by atoms with E-state index in [1.165, 1.54) is 0 Å². The molecule has 1 fully saturated rings. The summed E-state index contributed by atoms with van der Waals surface area (Å²) in [5.74, 6) is 1.43. The van der Waals surface area contributed by atoms with Gasteiger partial charge in [0.2, 0.25) is 0 Å². The van der Waals surface area contributed by atoms with Gasteiger partial charge in [0, 0.05) is 6.07 Å². The van der Waals surface area contributed by atoms with Crippen molar-refractivity contribution in [1.82, 2.24) is 0 Å². The second kappa shape index (κ2) is 5.27. The lowest BCUT2D eigenvalue weighted by Gasteiger charge is -2.14. The van der Waals surface area contributed by atoms with Crippen molar-refractivity contribution in [3.8, 4) is 11.5 Å². The largest absolute Gasteiger partial charge is 0.497 e. The first kappa shape index (κ1) is 12.0. The highest BCUT2D eigenvalue weighted by Gasteiger charge is 2.22. The smallest absolute Gasteiger partial charge is 0.142 e. The summed E-state index contributed by atoms with van der Waals surface area (Å²) in [5, 5.41) is 0. The molecule has 2 N–H and O–H groups in total. The number of nitrogen functional groups attached to an aromatic ring is 1. The molecule has 17 heavy (non-hydrogen) atoms. The topological polar surface area (TPSA) is 53.7 Å². The molecule has 1 saturated heterocycles. The average molecular weight is 237 g/mol. The molecule has 4 heteroatoms. The van der Waals surface area contributed by atoms with Crippen molar-refractivity contribution in [3.05, 3.63) is 18.2 Å². The van der Waals surface area contributed by atoms with E-state index in [4.69, 9.17) is 19.9 Å². The van der Waals surface area contributed by atoms with Crippen LogP contribution in [-0.4, -0.2) is 25.9 Å². The molecule has 94 valence electrons. The van der Waals surface area contributed by atoms with Crippen LogP contribution in [0.3, 0.4) is 0 Å². The molecule has 0 spiro atoms. The Kier molecular flexibility index (Phi) is 3.74. The molecule has 1 aliphatic heterocycles. The third-order valence-corrected chi connectivity index (χ3v) is 2.96. The van der Waals surface area contributed by atoms with E-state index < -0.39 is 0 Å².